The molecule has 0 unspecified atom stereocenters. The summed E-state index contributed by atoms with van der Waals surface area (Å²) in [4.78, 5) is 28.1. The van der Waals surface area contributed by atoms with Gasteiger partial charge >= 0.3 is 0 Å². The van der Waals surface area contributed by atoms with Crippen molar-refractivity contribution in [2.45, 2.75) is 6.42 Å². The Morgan fingerprint density at radius 2 is 1.84 bits per heavy atom. The third kappa shape index (κ3) is 5.17. The number of rotatable bonds is 8. The highest BCUT2D eigenvalue weighted by Gasteiger charge is 2.11. The van der Waals surface area contributed by atoms with E-state index in [0.29, 0.717) is 30.6 Å². The van der Waals surface area contributed by atoms with Crippen LogP contribution in [0.15, 0.2) is 55.4 Å². The van der Waals surface area contributed by atoms with Crippen LogP contribution in [-0.2, 0) is 6.42 Å². The van der Waals surface area contributed by atoms with Crippen LogP contribution in [0.4, 0.5) is 0 Å². The minimum Gasteiger partial charge on any atom is -0.496 e. The lowest BCUT2D eigenvalue weighted by Crippen LogP contribution is -2.27. The highest BCUT2D eigenvalue weighted by molar-refractivity contribution is 5.99. The van der Waals surface area contributed by atoms with E-state index >= 15 is 0 Å². The quantitative estimate of drug-likeness (QED) is 0.721. The van der Waals surface area contributed by atoms with Crippen molar-refractivity contribution in [3.63, 3.8) is 0 Å². The summed E-state index contributed by atoms with van der Waals surface area (Å²) in [6.45, 7) is 4.35. The SMILES string of the molecule is C=CCNC(=O)c1cncc(C(=O)NCCc2ccccc2OC)c1. The monoisotopic (exact) mass is 339 g/mol. The van der Waals surface area contributed by atoms with Gasteiger partial charge in [-0.2, -0.15) is 0 Å². The maximum absolute atomic E-state index is 12.2. The third-order valence-corrected chi connectivity index (χ3v) is 3.54. The number of pyridine rings is 1. The molecule has 6 nitrogen and oxygen atoms in total. The zero-order chi connectivity index (χ0) is 18.1. The van der Waals surface area contributed by atoms with Crippen LogP contribution in [0.5, 0.6) is 5.75 Å². The number of hydrogen-bond donors (Lipinski definition) is 2. The van der Waals surface area contributed by atoms with Gasteiger partial charge < -0.3 is 15.4 Å². The van der Waals surface area contributed by atoms with Crippen molar-refractivity contribution >= 4 is 11.8 Å². The third-order valence-electron chi connectivity index (χ3n) is 3.54. The van der Waals surface area contributed by atoms with Gasteiger partial charge in [-0.1, -0.05) is 24.3 Å². The Balaban J connectivity index is 1.94. The molecule has 1 aromatic carbocycles. The summed E-state index contributed by atoms with van der Waals surface area (Å²) in [5.74, 6) is 0.219. The molecule has 130 valence electrons. The Bertz CT molecular complexity index is 759. The van der Waals surface area contributed by atoms with E-state index in [2.05, 4.69) is 22.2 Å². The first-order valence-electron chi connectivity index (χ1n) is 7.90. The Morgan fingerprint density at radius 1 is 1.16 bits per heavy atom. The number of carbonyl (C=O) groups excluding carboxylic acids is 2. The minimum atomic E-state index is -0.295. The summed E-state index contributed by atoms with van der Waals surface area (Å²) in [6.07, 6.45) is 5.08. The fourth-order valence-electron chi connectivity index (χ4n) is 2.28. The summed E-state index contributed by atoms with van der Waals surface area (Å²) in [5, 5.41) is 5.48. The second-order valence-corrected chi connectivity index (χ2v) is 5.28. The molecular weight excluding hydrogens is 318 g/mol. The largest absolute Gasteiger partial charge is 0.496 e. The van der Waals surface area contributed by atoms with E-state index in [4.69, 9.17) is 4.74 Å². The van der Waals surface area contributed by atoms with Crippen molar-refractivity contribution in [1.29, 1.82) is 0 Å². The van der Waals surface area contributed by atoms with Gasteiger partial charge in [-0.25, -0.2) is 0 Å². The molecule has 0 saturated carbocycles. The molecular formula is C19H21N3O3. The summed E-state index contributed by atoms with van der Waals surface area (Å²) >= 11 is 0. The first-order chi connectivity index (χ1) is 12.2. The smallest absolute Gasteiger partial charge is 0.253 e. The van der Waals surface area contributed by atoms with Gasteiger partial charge in [-0.3, -0.25) is 14.6 Å². The van der Waals surface area contributed by atoms with Gasteiger partial charge in [-0.15, -0.1) is 6.58 Å². The summed E-state index contributed by atoms with van der Waals surface area (Å²) in [6, 6.07) is 9.18. The lowest BCUT2D eigenvalue weighted by Gasteiger charge is -2.09. The number of nitrogens with zero attached hydrogens (tertiary/aromatic N) is 1. The van der Waals surface area contributed by atoms with Gasteiger partial charge in [0.2, 0.25) is 0 Å². The molecule has 0 aliphatic heterocycles. The number of benzene rings is 1. The second-order valence-electron chi connectivity index (χ2n) is 5.28. The first-order valence-corrected chi connectivity index (χ1v) is 7.90. The van der Waals surface area contributed by atoms with Gasteiger partial charge in [0.25, 0.3) is 11.8 Å². The molecule has 0 fully saturated rings. The van der Waals surface area contributed by atoms with E-state index in [1.807, 2.05) is 24.3 Å². The van der Waals surface area contributed by atoms with E-state index in [-0.39, 0.29) is 11.8 Å². The van der Waals surface area contributed by atoms with Crippen LogP contribution in [-0.4, -0.2) is 37.0 Å². The van der Waals surface area contributed by atoms with Crippen molar-refractivity contribution in [2.24, 2.45) is 0 Å². The Morgan fingerprint density at radius 3 is 2.52 bits per heavy atom. The highest BCUT2D eigenvalue weighted by Crippen LogP contribution is 2.17. The highest BCUT2D eigenvalue weighted by atomic mass is 16.5. The van der Waals surface area contributed by atoms with Gasteiger partial charge in [0.05, 0.1) is 18.2 Å². The van der Waals surface area contributed by atoms with Crippen LogP contribution >= 0.6 is 0 Å². The van der Waals surface area contributed by atoms with Crippen LogP contribution < -0.4 is 15.4 Å². The lowest BCUT2D eigenvalue weighted by atomic mass is 10.1. The normalized spacial score (nSPS) is 9.96. The fraction of sp³-hybridized carbons (Fsp3) is 0.211. The van der Waals surface area contributed by atoms with E-state index in [1.54, 1.807) is 13.2 Å². The molecule has 2 rings (SSSR count). The number of nitrogens with one attached hydrogen (secondary N) is 2. The van der Waals surface area contributed by atoms with Crippen molar-refractivity contribution in [3.8, 4) is 5.75 Å². The topological polar surface area (TPSA) is 80.3 Å². The Hall–Kier alpha value is -3.15. The molecule has 1 heterocycles. The van der Waals surface area contributed by atoms with E-state index in [1.165, 1.54) is 18.5 Å². The first kappa shape index (κ1) is 18.2. The molecule has 0 aliphatic carbocycles. The molecule has 2 aromatic rings. The van der Waals surface area contributed by atoms with Crippen LogP contribution in [0.2, 0.25) is 0 Å². The molecule has 0 aliphatic rings. The van der Waals surface area contributed by atoms with Crippen LogP contribution in [0.3, 0.4) is 0 Å². The molecule has 0 atom stereocenters. The summed E-state index contributed by atoms with van der Waals surface area (Å²) in [5.41, 5.74) is 1.69. The van der Waals surface area contributed by atoms with Gasteiger partial charge in [-0.05, 0) is 24.1 Å². The molecule has 0 radical (unpaired) electrons. The standard InChI is InChI=1S/C19H21N3O3/c1-3-9-21-18(23)15-11-16(13-20-12-15)19(24)22-10-8-14-6-4-5-7-17(14)25-2/h3-7,11-13H,1,8-10H2,2H3,(H,21,23)(H,22,24). The predicted octanol–water partition coefficient (Wildman–Crippen LogP) is 1.98. The number of ether oxygens (including phenoxy) is 1. The van der Waals surface area contributed by atoms with Crippen molar-refractivity contribution in [2.75, 3.05) is 20.2 Å². The summed E-state index contributed by atoms with van der Waals surface area (Å²) < 4.78 is 5.29. The maximum atomic E-state index is 12.2. The molecule has 2 N–H and O–H groups in total. The summed E-state index contributed by atoms with van der Waals surface area (Å²) in [7, 11) is 1.62. The van der Waals surface area contributed by atoms with Crippen molar-refractivity contribution < 1.29 is 14.3 Å². The lowest BCUT2D eigenvalue weighted by molar-refractivity contribution is 0.0953. The molecule has 6 heteroatoms. The van der Waals surface area contributed by atoms with Gasteiger partial charge in [0, 0.05) is 25.5 Å². The molecule has 0 saturated heterocycles. The maximum Gasteiger partial charge on any atom is 0.253 e. The number of methoxy groups -OCH3 is 1. The average Bonchev–Trinajstić information content (AvgIpc) is 2.66. The minimum absolute atomic E-state index is 0.277. The van der Waals surface area contributed by atoms with Crippen LogP contribution in [0, 0.1) is 0 Å². The van der Waals surface area contributed by atoms with Crippen LogP contribution in [0.25, 0.3) is 0 Å². The number of amides is 2. The number of carbonyl (C=O) groups is 2. The number of hydrogen-bond acceptors (Lipinski definition) is 4. The fourth-order valence-corrected chi connectivity index (χ4v) is 2.28. The number of para-hydroxylation sites is 1. The van der Waals surface area contributed by atoms with Gasteiger partial charge in [0.1, 0.15) is 5.75 Å². The Labute approximate surface area is 146 Å². The van der Waals surface area contributed by atoms with E-state index < -0.39 is 0 Å². The predicted molar refractivity (Wildman–Crippen MR) is 95.8 cm³/mol. The number of aromatic nitrogens is 1. The van der Waals surface area contributed by atoms with E-state index in [0.717, 1.165) is 11.3 Å². The molecule has 1 aromatic heterocycles. The van der Waals surface area contributed by atoms with E-state index in [9.17, 15) is 9.59 Å². The molecule has 0 spiro atoms. The van der Waals surface area contributed by atoms with Crippen molar-refractivity contribution in [3.05, 3.63) is 72.1 Å². The second kappa shape index (κ2) is 9.22. The Kier molecular flexibility index (Phi) is 6.71. The van der Waals surface area contributed by atoms with Crippen molar-refractivity contribution in [1.82, 2.24) is 15.6 Å². The van der Waals surface area contributed by atoms with Crippen LogP contribution in [0.1, 0.15) is 26.3 Å². The van der Waals surface area contributed by atoms with Gasteiger partial charge in [0.15, 0.2) is 0 Å². The molecule has 25 heavy (non-hydrogen) atoms. The molecule has 0 bridgehead atoms. The zero-order valence-electron chi connectivity index (χ0n) is 14.1. The zero-order valence-corrected chi connectivity index (χ0v) is 14.1. The molecule has 2 amide bonds. The average molecular weight is 339 g/mol.